The minimum Gasteiger partial charge on any atom is -0.476 e. The number of rotatable bonds is 21. The number of carbonyl (C=O) groups excluding carboxylic acids is 3. The second-order valence-corrected chi connectivity index (χ2v) is 5.87. The topological polar surface area (TPSA) is 144 Å². The Morgan fingerprint density at radius 2 is 0.933 bits per heavy atom. The predicted molar refractivity (Wildman–Crippen MR) is 102 cm³/mol. The lowest BCUT2D eigenvalue weighted by Crippen LogP contribution is -2.17. The molecule has 0 aromatic rings. The second kappa shape index (κ2) is 20.2. The summed E-state index contributed by atoms with van der Waals surface area (Å²) < 4.78 is 30.8. The highest BCUT2D eigenvalue weighted by atomic mass is 16.6. The molecule has 0 radical (unpaired) electrons. The molecule has 0 aliphatic carbocycles. The highest BCUT2D eigenvalue weighted by Gasteiger charge is 2.14. The van der Waals surface area contributed by atoms with E-state index < -0.39 is 17.7 Å². The number of ether oxygens (including phenoxy) is 6. The van der Waals surface area contributed by atoms with E-state index in [-0.39, 0.29) is 38.6 Å². The largest absolute Gasteiger partial charge is 0.476 e. The molecule has 11 nitrogen and oxygen atoms in total. The molecule has 0 saturated heterocycles. The van der Waals surface area contributed by atoms with Gasteiger partial charge in [0.1, 0.15) is 13.2 Å². The Balaban J connectivity index is 3.23. The Kier molecular flexibility index (Phi) is 18.8. The van der Waals surface area contributed by atoms with Gasteiger partial charge in [-0.2, -0.15) is 0 Å². The molecule has 0 bridgehead atoms. The molecule has 1 N–H and O–H groups in total. The summed E-state index contributed by atoms with van der Waals surface area (Å²) in [6.07, 6.45) is 0.525. The maximum absolute atomic E-state index is 11.3. The van der Waals surface area contributed by atoms with Crippen LogP contribution in [0.1, 0.15) is 32.6 Å². The van der Waals surface area contributed by atoms with Crippen LogP contribution in [0, 0.1) is 0 Å². The van der Waals surface area contributed by atoms with Crippen LogP contribution in [-0.4, -0.2) is 94.9 Å². The van der Waals surface area contributed by atoms with Crippen LogP contribution in [0.15, 0.2) is 0 Å². The molecule has 0 fully saturated rings. The lowest BCUT2D eigenvalue weighted by Gasteiger charge is -2.08. The van der Waals surface area contributed by atoms with Gasteiger partial charge in [-0.05, 0) is 6.42 Å². The first-order valence-corrected chi connectivity index (χ1v) is 9.85. The van der Waals surface area contributed by atoms with Gasteiger partial charge in [-0.1, -0.05) is 6.92 Å². The third-order valence-corrected chi connectivity index (χ3v) is 3.35. The van der Waals surface area contributed by atoms with E-state index in [2.05, 4.69) is 0 Å². The number of carbonyl (C=O) groups is 4. The molecule has 0 aromatic heterocycles. The van der Waals surface area contributed by atoms with E-state index in [9.17, 15) is 19.2 Å². The van der Waals surface area contributed by atoms with Crippen LogP contribution in [0.4, 0.5) is 0 Å². The SMILES string of the molecule is CCCC(=O)OCCOCCOCCOCCOCCOC(=O)CCC(=O)C(=O)O. The van der Waals surface area contributed by atoms with Crippen molar-refractivity contribution in [2.75, 3.05) is 66.1 Å². The Morgan fingerprint density at radius 1 is 0.567 bits per heavy atom. The van der Waals surface area contributed by atoms with Crippen LogP contribution in [0.3, 0.4) is 0 Å². The molecule has 11 heteroatoms. The highest BCUT2D eigenvalue weighted by Crippen LogP contribution is 1.95. The molecule has 0 atom stereocenters. The van der Waals surface area contributed by atoms with Gasteiger partial charge in [0.25, 0.3) is 0 Å². The van der Waals surface area contributed by atoms with Gasteiger partial charge in [0.2, 0.25) is 5.78 Å². The van der Waals surface area contributed by atoms with E-state index in [1.165, 1.54) is 0 Å². The first kappa shape index (κ1) is 27.9. The average Bonchev–Trinajstić information content (AvgIpc) is 2.71. The van der Waals surface area contributed by atoms with Crippen molar-refractivity contribution in [2.24, 2.45) is 0 Å². The van der Waals surface area contributed by atoms with Crippen molar-refractivity contribution in [3.8, 4) is 0 Å². The molecule has 174 valence electrons. The maximum Gasteiger partial charge on any atom is 0.372 e. The fraction of sp³-hybridized carbons (Fsp3) is 0.789. The molecule has 0 rings (SSSR count). The minimum atomic E-state index is -1.56. The summed E-state index contributed by atoms with van der Waals surface area (Å²) in [6.45, 7) is 4.95. The molecule has 0 aromatic carbocycles. The quantitative estimate of drug-likeness (QED) is 0.151. The molecule has 30 heavy (non-hydrogen) atoms. The van der Waals surface area contributed by atoms with Crippen molar-refractivity contribution in [1.29, 1.82) is 0 Å². The van der Waals surface area contributed by atoms with Crippen LogP contribution in [-0.2, 0) is 47.6 Å². The monoisotopic (exact) mass is 436 g/mol. The fourth-order valence-corrected chi connectivity index (χ4v) is 1.86. The van der Waals surface area contributed by atoms with E-state index in [1.807, 2.05) is 6.92 Å². The van der Waals surface area contributed by atoms with Crippen molar-refractivity contribution in [3.05, 3.63) is 0 Å². The van der Waals surface area contributed by atoms with Gasteiger partial charge < -0.3 is 33.5 Å². The van der Waals surface area contributed by atoms with Crippen LogP contribution >= 0.6 is 0 Å². The first-order chi connectivity index (χ1) is 14.5. The van der Waals surface area contributed by atoms with Crippen molar-refractivity contribution >= 4 is 23.7 Å². The average molecular weight is 436 g/mol. The van der Waals surface area contributed by atoms with E-state index in [4.69, 9.17) is 33.5 Å². The van der Waals surface area contributed by atoms with Gasteiger partial charge in [0.05, 0.1) is 59.3 Å². The van der Waals surface area contributed by atoms with Crippen LogP contribution < -0.4 is 0 Å². The third-order valence-electron chi connectivity index (χ3n) is 3.35. The van der Waals surface area contributed by atoms with E-state index in [0.717, 1.165) is 6.42 Å². The van der Waals surface area contributed by atoms with Crippen LogP contribution in [0.5, 0.6) is 0 Å². The zero-order chi connectivity index (χ0) is 22.5. The van der Waals surface area contributed by atoms with Gasteiger partial charge in [0, 0.05) is 12.8 Å². The van der Waals surface area contributed by atoms with Gasteiger partial charge in [-0.25, -0.2) is 4.79 Å². The molecular formula is C19H32O11. The summed E-state index contributed by atoms with van der Waals surface area (Å²) in [6, 6.07) is 0. The van der Waals surface area contributed by atoms with Gasteiger partial charge in [-0.3, -0.25) is 14.4 Å². The molecule has 0 heterocycles. The number of carboxylic acids is 1. The van der Waals surface area contributed by atoms with Crippen molar-refractivity contribution in [2.45, 2.75) is 32.6 Å². The van der Waals surface area contributed by atoms with Crippen LogP contribution in [0.2, 0.25) is 0 Å². The zero-order valence-corrected chi connectivity index (χ0v) is 17.4. The number of hydrogen-bond acceptors (Lipinski definition) is 10. The Hall–Kier alpha value is -2.08. The summed E-state index contributed by atoms with van der Waals surface area (Å²) in [4.78, 5) is 43.5. The van der Waals surface area contributed by atoms with Gasteiger partial charge in [0.15, 0.2) is 0 Å². The van der Waals surface area contributed by atoms with E-state index in [1.54, 1.807) is 0 Å². The van der Waals surface area contributed by atoms with Crippen molar-refractivity contribution < 1.29 is 52.7 Å². The third kappa shape index (κ3) is 19.2. The van der Waals surface area contributed by atoms with Gasteiger partial charge >= 0.3 is 17.9 Å². The maximum atomic E-state index is 11.3. The molecule has 0 saturated carbocycles. The van der Waals surface area contributed by atoms with Crippen LogP contribution in [0.25, 0.3) is 0 Å². The molecule has 0 spiro atoms. The van der Waals surface area contributed by atoms with Gasteiger partial charge in [-0.15, -0.1) is 0 Å². The summed E-state index contributed by atoms with van der Waals surface area (Å²) in [5.74, 6) is -3.46. The second-order valence-electron chi connectivity index (χ2n) is 5.87. The van der Waals surface area contributed by atoms with E-state index >= 15 is 0 Å². The fourth-order valence-electron chi connectivity index (χ4n) is 1.86. The lowest BCUT2D eigenvalue weighted by molar-refractivity contribution is -0.151. The number of hydrogen-bond donors (Lipinski definition) is 1. The molecule has 0 aliphatic heterocycles. The predicted octanol–water partition coefficient (Wildman–Crippen LogP) is 0.373. The Bertz CT molecular complexity index is 493. The van der Waals surface area contributed by atoms with Crippen molar-refractivity contribution in [3.63, 3.8) is 0 Å². The number of aliphatic carboxylic acids is 1. The number of ketones is 1. The Labute approximate surface area is 175 Å². The summed E-state index contributed by atoms with van der Waals surface area (Å²) >= 11 is 0. The standard InChI is InChI=1S/C19H32O11/c1-2-3-17(21)29-14-12-27-10-8-25-6-7-26-9-11-28-13-15-30-18(22)5-4-16(20)19(23)24/h2-15H2,1H3,(H,23,24). The normalized spacial score (nSPS) is 10.6. The number of Topliss-reactive ketones (excluding diaryl/α,β-unsaturated/α-hetero) is 1. The smallest absolute Gasteiger partial charge is 0.372 e. The lowest BCUT2D eigenvalue weighted by atomic mass is 10.2. The minimum absolute atomic E-state index is 0.0149. The molecule has 0 amide bonds. The number of esters is 2. The molecule has 0 unspecified atom stereocenters. The van der Waals surface area contributed by atoms with Crippen molar-refractivity contribution in [1.82, 2.24) is 0 Å². The number of carboxylic acid groups (broad SMARTS) is 1. The van der Waals surface area contributed by atoms with E-state index in [0.29, 0.717) is 52.7 Å². The summed E-state index contributed by atoms with van der Waals surface area (Å²) in [5, 5.41) is 8.38. The Morgan fingerprint density at radius 3 is 1.30 bits per heavy atom. The first-order valence-electron chi connectivity index (χ1n) is 9.85. The highest BCUT2D eigenvalue weighted by molar-refractivity contribution is 6.32. The summed E-state index contributed by atoms with van der Waals surface area (Å²) in [7, 11) is 0. The zero-order valence-electron chi connectivity index (χ0n) is 17.4. The molecule has 0 aliphatic rings. The molecular weight excluding hydrogens is 404 g/mol. The summed E-state index contributed by atoms with van der Waals surface area (Å²) in [5.41, 5.74) is 0.